The summed E-state index contributed by atoms with van der Waals surface area (Å²) < 4.78 is 1.65. The molecule has 2 amide bonds. The van der Waals surface area contributed by atoms with E-state index in [-0.39, 0.29) is 24.2 Å². The van der Waals surface area contributed by atoms with Crippen LogP contribution in [0.15, 0.2) is 12.4 Å². The van der Waals surface area contributed by atoms with Crippen molar-refractivity contribution >= 4 is 24.2 Å². The molecule has 0 radical (unpaired) electrons. The zero-order valence-corrected chi connectivity index (χ0v) is 14.7. The fourth-order valence-electron chi connectivity index (χ4n) is 2.78. The maximum Gasteiger partial charge on any atom is 0.244 e. The Labute approximate surface area is 143 Å². The van der Waals surface area contributed by atoms with Gasteiger partial charge in [-0.1, -0.05) is 0 Å². The predicted molar refractivity (Wildman–Crippen MR) is 90.3 cm³/mol. The molecule has 7 nitrogen and oxygen atoms in total. The van der Waals surface area contributed by atoms with Crippen LogP contribution >= 0.6 is 12.4 Å². The third-order valence-corrected chi connectivity index (χ3v) is 4.01. The maximum absolute atomic E-state index is 12.4. The Morgan fingerprint density at radius 1 is 1.26 bits per heavy atom. The van der Waals surface area contributed by atoms with Crippen molar-refractivity contribution in [3.8, 4) is 0 Å². The summed E-state index contributed by atoms with van der Waals surface area (Å²) >= 11 is 0. The van der Waals surface area contributed by atoms with Crippen molar-refractivity contribution < 1.29 is 9.59 Å². The third-order valence-electron chi connectivity index (χ3n) is 4.01. The molecule has 2 rings (SSSR count). The first-order chi connectivity index (χ1) is 10.5. The zero-order chi connectivity index (χ0) is 16.1. The minimum Gasteiger partial charge on any atom is -0.343 e. The van der Waals surface area contributed by atoms with Gasteiger partial charge in [0.1, 0.15) is 12.1 Å². The van der Waals surface area contributed by atoms with E-state index in [0.717, 1.165) is 31.5 Å². The first-order valence-corrected chi connectivity index (χ1v) is 7.78. The van der Waals surface area contributed by atoms with E-state index < -0.39 is 12.1 Å². The van der Waals surface area contributed by atoms with Crippen molar-refractivity contribution in [3.05, 3.63) is 18.0 Å². The van der Waals surface area contributed by atoms with Crippen molar-refractivity contribution in [2.24, 2.45) is 7.05 Å². The molecular formula is C15H26ClN5O2. The molecule has 2 atom stereocenters. The molecule has 1 unspecified atom stereocenters. The van der Waals surface area contributed by atoms with Crippen LogP contribution < -0.4 is 10.6 Å². The molecule has 1 aromatic heterocycles. The van der Waals surface area contributed by atoms with Crippen molar-refractivity contribution in [2.45, 2.75) is 38.3 Å². The molecule has 2 heterocycles. The number of likely N-dealkylation sites (N-methyl/N-ethyl adjacent to an activating group) is 1. The minimum absolute atomic E-state index is 0. The van der Waals surface area contributed by atoms with Crippen LogP contribution in [-0.2, 0) is 16.6 Å². The summed E-state index contributed by atoms with van der Waals surface area (Å²) in [5.74, 6) is -0.220. The van der Waals surface area contributed by atoms with E-state index in [4.69, 9.17) is 0 Å². The fourth-order valence-corrected chi connectivity index (χ4v) is 2.78. The molecular weight excluding hydrogens is 318 g/mol. The van der Waals surface area contributed by atoms with Crippen LogP contribution in [0.1, 0.15) is 37.8 Å². The number of rotatable bonds is 5. The number of hydrogen-bond donors (Lipinski definition) is 2. The molecule has 2 N–H and O–H groups in total. The summed E-state index contributed by atoms with van der Waals surface area (Å²) in [5.41, 5.74) is 0.778. The smallest absolute Gasteiger partial charge is 0.244 e. The van der Waals surface area contributed by atoms with Gasteiger partial charge in [-0.25, -0.2) is 0 Å². The van der Waals surface area contributed by atoms with Crippen LogP contribution in [0.2, 0.25) is 0 Å². The highest BCUT2D eigenvalue weighted by molar-refractivity contribution is 5.90. The lowest BCUT2D eigenvalue weighted by atomic mass is 10.1. The van der Waals surface area contributed by atoms with Crippen molar-refractivity contribution in [1.82, 2.24) is 25.3 Å². The largest absolute Gasteiger partial charge is 0.343 e. The number of hydrogen-bond acceptors (Lipinski definition) is 4. The topological polar surface area (TPSA) is 79.3 Å². The highest BCUT2D eigenvalue weighted by atomic mass is 35.5. The molecule has 0 bridgehead atoms. The minimum atomic E-state index is -0.516. The van der Waals surface area contributed by atoms with Crippen LogP contribution in [0.4, 0.5) is 0 Å². The van der Waals surface area contributed by atoms with Gasteiger partial charge in [0.15, 0.2) is 0 Å². The number of piperidine rings is 1. The van der Waals surface area contributed by atoms with Crippen molar-refractivity contribution in [2.75, 3.05) is 20.1 Å². The number of carbonyl (C=O) groups excluding carboxylic acids is 2. The zero-order valence-electron chi connectivity index (χ0n) is 13.9. The molecule has 1 fully saturated rings. The molecule has 1 aliphatic heterocycles. The average Bonchev–Trinajstić information content (AvgIpc) is 2.94. The van der Waals surface area contributed by atoms with E-state index in [2.05, 4.69) is 15.7 Å². The number of halogens is 1. The number of aryl methyl sites for hydroxylation is 1. The Balaban J connectivity index is 0.00000264. The second kappa shape index (κ2) is 8.88. The highest BCUT2D eigenvalue weighted by Gasteiger charge is 2.27. The van der Waals surface area contributed by atoms with Crippen LogP contribution in [0.25, 0.3) is 0 Å². The summed E-state index contributed by atoms with van der Waals surface area (Å²) in [5, 5.41) is 9.85. The lowest BCUT2D eigenvalue weighted by Gasteiger charge is -2.30. The van der Waals surface area contributed by atoms with E-state index in [0.29, 0.717) is 0 Å². The van der Waals surface area contributed by atoms with Gasteiger partial charge in [0, 0.05) is 31.9 Å². The lowest BCUT2D eigenvalue weighted by Crippen LogP contribution is -2.50. The van der Waals surface area contributed by atoms with Gasteiger partial charge >= 0.3 is 0 Å². The lowest BCUT2D eigenvalue weighted by molar-refractivity contribution is -0.137. The summed E-state index contributed by atoms with van der Waals surface area (Å²) in [6, 6.07) is -1.02. The van der Waals surface area contributed by atoms with Crippen LogP contribution in [0.3, 0.4) is 0 Å². The van der Waals surface area contributed by atoms with E-state index in [1.54, 1.807) is 38.1 Å². The van der Waals surface area contributed by atoms with Gasteiger partial charge < -0.3 is 15.5 Å². The Kier molecular flexibility index (Phi) is 7.51. The van der Waals surface area contributed by atoms with E-state index in [9.17, 15) is 9.59 Å². The molecule has 0 saturated carbocycles. The first kappa shape index (κ1) is 19.4. The van der Waals surface area contributed by atoms with E-state index >= 15 is 0 Å². The number of nitrogens with zero attached hydrogens (tertiary/aromatic N) is 3. The molecule has 8 heteroatoms. The van der Waals surface area contributed by atoms with E-state index in [1.165, 1.54) is 6.42 Å². The second-order valence-corrected chi connectivity index (χ2v) is 5.79. The Morgan fingerprint density at radius 3 is 2.43 bits per heavy atom. The van der Waals surface area contributed by atoms with Crippen LogP contribution in [0.5, 0.6) is 0 Å². The maximum atomic E-state index is 12.4. The highest BCUT2D eigenvalue weighted by Crippen LogP contribution is 2.13. The number of aromatic nitrogens is 2. The monoisotopic (exact) mass is 343 g/mol. The van der Waals surface area contributed by atoms with Gasteiger partial charge in [-0.2, -0.15) is 5.10 Å². The quantitative estimate of drug-likeness (QED) is 0.821. The Hall–Kier alpha value is -1.60. The van der Waals surface area contributed by atoms with Crippen molar-refractivity contribution in [3.63, 3.8) is 0 Å². The van der Waals surface area contributed by atoms with Gasteiger partial charge in [-0.3, -0.25) is 14.3 Å². The molecule has 1 aliphatic rings. The molecule has 0 spiro atoms. The fraction of sp³-hybridized carbons (Fsp3) is 0.667. The molecule has 0 aromatic carbocycles. The number of likely N-dealkylation sites (tertiary alicyclic amines) is 1. The van der Waals surface area contributed by atoms with Crippen LogP contribution in [-0.4, -0.2) is 52.7 Å². The molecule has 1 aromatic rings. The summed E-state index contributed by atoms with van der Waals surface area (Å²) in [7, 11) is 3.52. The van der Waals surface area contributed by atoms with Crippen LogP contribution in [0, 0.1) is 0 Å². The summed E-state index contributed by atoms with van der Waals surface area (Å²) in [4.78, 5) is 26.6. The second-order valence-electron chi connectivity index (χ2n) is 5.79. The van der Waals surface area contributed by atoms with E-state index in [1.807, 2.05) is 4.90 Å². The molecule has 23 heavy (non-hydrogen) atoms. The number of amides is 2. The predicted octanol–water partition coefficient (Wildman–Crippen LogP) is 0.620. The van der Waals surface area contributed by atoms with Gasteiger partial charge in [-0.05, 0) is 33.2 Å². The number of nitrogens with one attached hydrogen (secondary N) is 2. The SMILES string of the molecule is CNC(C(=O)N[C@@H](C)C(=O)N1CCCCC1)c1cnn(C)c1.Cl. The van der Waals surface area contributed by atoms with Gasteiger partial charge in [-0.15, -0.1) is 12.4 Å². The van der Waals surface area contributed by atoms with Gasteiger partial charge in [0.05, 0.1) is 6.20 Å². The molecule has 130 valence electrons. The molecule has 0 aliphatic carbocycles. The summed E-state index contributed by atoms with van der Waals surface area (Å²) in [6.45, 7) is 3.32. The standard InChI is InChI=1S/C15H25N5O2.ClH/c1-11(15(22)20-7-5-4-6-8-20)18-14(21)13(16-2)12-9-17-19(3)10-12;/h9-11,13,16H,4-8H2,1-3H3,(H,18,21);1H/t11-,13?;/m0./s1. The molecule has 1 saturated heterocycles. The Bertz CT molecular complexity index is 528. The van der Waals surface area contributed by atoms with Gasteiger partial charge in [0.2, 0.25) is 11.8 Å². The number of carbonyl (C=O) groups is 2. The first-order valence-electron chi connectivity index (χ1n) is 7.78. The average molecular weight is 344 g/mol. The third kappa shape index (κ3) is 4.94. The van der Waals surface area contributed by atoms with Gasteiger partial charge in [0.25, 0.3) is 0 Å². The summed E-state index contributed by atoms with van der Waals surface area (Å²) in [6.07, 6.45) is 6.70. The Morgan fingerprint density at radius 2 is 1.91 bits per heavy atom. The van der Waals surface area contributed by atoms with Crippen molar-refractivity contribution in [1.29, 1.82) is 0 Å². The normalized spacial score (nSPS) is 17.1.